The van der Waals surface area contributed by atoms with Crippen LogP contribution in [0.4, 0.5) is 4.39 Å². The maximum absolute atomic E-state index is 14.1. The molecule has 1 aromatic heterocycles. The van der Waals surface area contributed by atoms with Gasteiger partial charge in [0.05, 0.1) is 23.4 Å². The molecule has 0 saturated heterocycles. The third-order valence-electron chi connectivity index (χ3n) is 8.81. The second kappa shape index (κ2) is 11.6. The minimum absolute atomic E-state index is 0.126. The zero-order chi connectivity index (χ0) is 31.2. The van der Waals surface area contributed by atoms with E-state index in [4.69, 9.17) is 14.5 Å². The molecular formula is C39H29FN2O3S. The van der Waals surface area contributed by atoms with Gasteiger partial charge in [0.1, 0.15) is 12.4 Å². The Morgan fingerprint density at radius 2 is 1.72 bits per heavy atom. The summed E-state index contributed by atoms with van der Waals surface area (Å²) in [7, 11) is 1.61. The quantitative estimate of drug-likeness (QED) is 0.197. The van der Waals surface area contributed by atoms with Crippen molar-refractivity contribution >= 4 is 33.9 Å². The molecular weight excluding hydrogens is 596 g/mol. The number of nitrogens with zero attached hydrogens (tertiary/aromatic N) is 2. The number of halogens is 1. The summed E-state index contributed by atoms with van der Waals surface area (Å²) >= 11 is 1.36. The Bertz CT molecular complexity index is 2350. The lowest BCUT2D eigenvalue weighted by Gasteiger charge is -2.30. The Labute approximate surface area is 268 Å². The van der Waals surface area contributed by atoms with Crippen LogP contribution < -0.4 is 24.4 Å². The molecule has 1 unspecified atom stereocenters. The molecule has 1 aliphatic carbocycles. The van der Waals surface area contributed by atoms with Gasteiger partial charge in [0.2, 0.25) is 0 Å². The molecule has 8 rings (SSSR count). The number of aryl methyl sites for hydroxylation is 1. The Hall–Kier alpha value is -5.27. The number of rotatable bonds is 6. The van der Waals surface area contributed by atoms with Gasteiger partial charge in [-0.05, 0) is 81.8 Å². The van der Waals surface area contributed by atoms with Crippen molar-refractivity contribution in [3.05, 3.63) is 168 Å². The lowest BCUT2D eigenvalue weighted by molar-refractivity contribution is 0.285. The fourth-order valence-electron chi connectivity index (χ4n) is 6.59. The standard InChI is InChI=1S/C39H29FN2O3S/c1-44-34-21-24(13-20-33(34)45-23-28-10-6-9-25-7-2-4-11-30(25)28)22-35-38(43)42-37(27-14-17-29(40)18-15-27)32-19-16-26-8-3-5-12-31(26)36(32)41-39(42)46-35/h2-15,17-18,20-22,37H,16,19,23H2,1H3/b35-22+. The topological polar surface area (TPSA) is 52.8 Å². The van der Waals surface area contributed by atoms with Crippen molar-refractivity contribution < 1.29 is 13.9 Å². The van der Waals surface area contributed by atoms with E-state index in [1.165, 1.54) is 34.4 Å². The number of fused-ring (bicyclic) bond motifs is 4. The molecule has 0 spiro atoms. The summed E-state index contributed by atoms with van der Waals surface area (Å²) in [4.78, 5) is 19.8. The molecule has 0 saturated carbocycles. The monoisotopic (exact) mass is 624 g/mol. The summed E-state index contributed by atoms with van der Waals surface area (Å²) in [6.07, 6.45) is 3.51. The average Bonchev–Trinajstić information content (AvgIpc) is 3.40. The van der Waals surface area contributed by atoms with Gasteiger partial charge in [-0.3, -0.25) is 9.36 Å². The fourth-order valence-corrected chi connectivity index (χ4v) is 7.59. The zero-order valence-electron chi connectivity index (χ0n) is 25.1. The highest BCUT2D eigenvalue weighted by molar-refractivity contribution is 7.07. The summed E-state index contributed by atoms with van der Waals surface area (Å²) in [6, 6.07) is 34.5. The van der Waals surface area contributed by atoms with Crippen molar-refractivity contribution in [2.45, 2.75) is 25.5 Å². The number of thiazole rings is 1. The minimum Gasteiger partial charge on any atom is -0.493 e. The number of benzene rings is 5. The smallest absolute Gasteiger partial charge is 0.271 e. The Kier molecular flexibility index (Phi) is 7.11. The van der Waals surface area contributed by atoms with E-state index in [2.05, 4.69) is 36.4 Å². The molecule has 0 amide bonds. The molecule has 2 heterocycles. The number of methoxy groups -OCH3 is 1. The fraction of sp³-hybridized carbons (Fsp3) is 0.128. The van der Waals surface area contributed by atoms with Crippen molar-refractivity contribution in [1.29, 1.82) is 0 Å². The maximum atomic E-state index is 14.1. The summed E-state index contributed by atoms with van der Waals surface area (Å²) < 4.78 is 28.2. The normalized spacial score (nSPS) is 15.6. The molecule has 46 heavy (non-hydrogen) atoms. The second-order valence-corrected chi connectivity index (χ2v) is 12.5. The summed E-state index contributed by atoms with van der Waals surface area (Å²) in [5, 5.41) is 2.32. The van der Waals surface area contributed by atoms with E-state index in [1.54, 1.807) is 23.8 Å². The van der Waals surface area contributed by atoms with Gasteiger partial charge in [-0.2, -0.15) is 0 Å². The highest BCUT2D eigenvalue weighted by atomic mass is 32.1. The van der Waals surface area contributed by atoms with Gasteiger partial charge in [-0.25, -0.2) is 9.38 Å². The van der Waals surface area contributed by atoms with Gasteiger partial charge < -0.3 is 9.47 Å². The van der Waals surface area contributed by atoms with E-state index in [0.29, 0.717) is 27.4 Å². The van der Waals surface area contributed by atoms with E-state index in [1.807, 2.05) is 54.6 Å². The molecule has 5 nitrogen and oxygen atoms in total. The van der Waals surface area contributed by atoms with Crippen LogP contribution in [-0.4, -0.2) is 11.7 Å². The van der Waals surface area contributed by atoms with Crippen LogP contribution in [0.3, 0.4) is 0 Å². The molecule has 5 aromatic carbocycles. The Morgan fingerprint density at radius 3 is 2.59 bits per heavy atom. The maximum Gasteiger partial charge on any atom is 0.271 e. The van der Waals surface area contributed by atoms with Crippen LogP contribution in [-0.2, 0) is 13.0 Å². The number of ether oxygens (including phenoxy) is 2. The third kappa shape index (κ3) is 4.93. The lowest BCUT2D eigenvalue weighted by atomic mass is 9.83. The van der Waals surface area contributed by atoms with Crippen molar-refractivity contribution in [3.63, 3.8) is 0 Å². The summed E-state index contributed by atoms with van der Waals surface area (Å²) in [5.41, 5.74) is 6.98. The van der Waals surface area contributed by atoms with Crippen LogP contribution in [0.15, 0.2) is 125 Å². The molecule has 7 heteroatoms. The van der Waals surface area contributed by atoms with Gasteiger partial charge in [-0.1, -0.05) is 96.3 Å². The average molecular weight is 625 g/mol. The van der Waals surface area contributed by atoms with Crippen LogP contribution in [0.25, 0.3) is 22.5 Å². The van der Waals surface area contributed by atoms with E-state index in [0.717, 1.165) is 51.8 Å². The van der Waals surface area contributed by atoms with E-state index >= 15 is 0 Å². The molecule has 2 aliphatic rings. The predicted octanol–water partition coefficient (Wildman–Crippen LogP) is 7.20. The highest BCUT2D eigenvalue weighted by Crippen LogP contribution is 2.41. The predicted molar refractivity (Wildman–Crippen MR) is 180 cm³/mol. The molecule has 0 radical (unpaired) electrons. The molecule has 0 fully saturated rings. The first-order valence-electron chi connectivity index (χ1n) is 15.2. The van der Waals surface area contributed by atoms with Crippen molar-refractivity contribution in [1.82, 2.24) is 4.57 Å². The van der Waals surface area contributed by atoms with Crippen LogP contribution in [0.2, 0.25) is 0 Å². The Morgan fingerprint density at radius 1 is 0.913 bits per heavy atom. The molecule has 1 atom stereocenters. The number of allylic oxidation sites excluding steroid dienone is 1. The van der Waals surface area contributed by atoms with Gasteiger partial charge >= 0.3 is 0 Å². The lowest BCUT2D eigenvalue weighted by Crippen LogP contribution is -2.38. The largest absolute Gasteiger partial charge is 0.493 e. The highest BCUT2D eigenvalue weighted by Gasteiger charge is 2.32. The zero-order valence-corrected chi connectivity index (χ0v) is 25.9. The summed E-state index contributed by atoms with van der Waals surface area (Å²) in [5.74, 6) is 0.896. The Balaban J connectivity index is 1.18. The van der Waals surface area contributed by atoms with Crippen LogP contribution >= 0.6 is 11.3 Å². The van der Waals surface area contributed by atoms with Crippen LogP contribution in [0.1, 0.15) is 40.3 Å². The van der Waals surface area contributed by atoms with Crippen molar-refractivity contribution in [2.24, 2.45) is 4.99 Å². The van der Waals surface area contributed by atoms with Gasteiger partial charge in [0, 0.05) is 5.56 Å². The minimum atomic E-state index is -0.360. The first kappa shape index (κ1) is 28.2. The van der Waals surface area contributed by atoms with Gasteiger partial charge in [-0.15, -0.1) is 0 Å². The molecule has 0 N–H and O–H groups in total. The first-order valence-corrected chi connectivity index (χ1v) is 16.0. The van der Waals surface area contributed by atoms with Crippen LogP contribution in [0.5, 0.6) is 11.5 Å². The number of hydrogen-bond acceptors (Lipinski definition) is 5. The second-order valence-electron chi connectivity index (χ2n) is 11.5. The molecule has 0 bridgehead atoms. The van der Waals surface area contributed by atoms with Gasteiger partial charge in [0.15, 0.2) is 16.3 Å². The molecule has 226 valence electrons. The van der Waals surface area contributed by atoms with E-state index in [9.17, 15) is 9.18 Å². The van der Waals surface area contributed by atoms with Crippen LogP contribution in [0, 0.1) is 5.82 Å². The number of hydrogen-bond donors (Lipinski definition) is 0. The molecule has 1 aliphatic heterocycles. The SMILES string of the molecule is COc1cc(/C=c2/sc3n(c2=O)C(c2ccc(F)cc2)C2=C(N=3)c3ccccc3CC2)ccc1OCc1cccc2ccccc12. The first-order chi connectivity index (χ1) is 22.6. The van der Waals surface area contributed by atoms with E-state index < -0.39 is 0 Å². The third-order valence-corrected chi connectivity index (χ3v) is 9.79. The van der Waals surface area contributed by atoms with Crippen molar-refractivity contribution in [2.75, 3.05) is 7.11 Å². The number of aromatic nitrogens is 1. The van der Waals surface area contributed by atoms with E-state index in [-0.39, 0.29) is 17.4 Å². The van der Waals surface area contributed by atoms with Gasteiger partial charge in [0.25, 0.3) is 5.56 Å². The summed E-state index contributed by atoms with van der Waals surface area (Å²) in [6.45, 7) is 0.396. The van der Waals surface area contributed by atoms with Crippen molar-refractivity contribution in [3.8, 4) is 11.5 Å². The molecule has 6 aromatic rings.